The summed E-state index contributed by atoms with van der Waals surface area (Å²) in [7, 11) is 0. The van der Waals surface area contributed by atoms with E-state index in [1.54, 1.807) is 6.20 Å². The summed E-state index contributed by atoms with van der Waals surface area (Å²) in [5.41, 5.74) is 1.90. The van der Waals surface area contributed by atoms with E-state index >= 15 is 0 Å². The van der Waals surface area contributed by atoms with Crippen molar-refractivity contribution in [1.29, 1.82) is 0 Å². The van der Waals surface area contributed by atoms with Gasteiger partial charge in [-0.05, 0) is 36.4 Å². The fourth-order valence-corrected chi connectivity index (χ4v) is 3.44. The van der Waals surface area contributed by atoms with E-state index in [4.69, 9.17) is 0 Å². The monoisotopic (exact) mass is 346 g/mol. The number of nitrogens with zero attached hydrogens (tertiary/aromatic N) is 2. The predicted molar refractivity (Wildman–Crippen MR) is 105 cm³/mol. The SMILES string of the molecule is O=C(Nc1cccc2ccccc12)N1CCC(Nc2cccnc2)CC1. The largest absolute Gasteiger partial charge is 0.381 e. The minimum absolute atomic E-state index is 0.0267. The van der Waals surface area contributed by atoms with Crippen LogP contribution >= 0.6 is 0 Å². The predicted octanol–water partition coefficient (Wildman–Crippen LogP) is 4.34. The van der Waals surface area contributed by atoms with Gasteiger partial charge in [0, 0.05) is 36.9 Å². The zero-order valence-electron chi connectivity index (χ0n) is 14.6. The zero-order valence-corrected chi connectivity index (χ0v) is 14.6. The van der Waals surface area contributed by atoms with Gasteiger partial charge in [0.25, 0.3) is 0 Å². The van der Waals surface area contributed by atoms with Crippen LogP contribution in [0.4, 0.5) is 16.2 Å². The van der Waals surface area contributed by atoms with Crippen molar-refractivity contribution >= 4 is 28.2 Å². The minimum Gasteiger partial charge on any atom is -0.381 e. The third kappa shape index (κ3) is 3.61. The number of fused-ring (bicyclic) bond motifs is 1. The maximum absolute atomic E-state index is 12.7. The lowest BCUT2D eigenvalue weighted by molar-refractivity contribution is 0.197. The Morgan fingerprint density at radius 2 is 1.81 bits per heavy atom. The van der Waals surface area contributed by atoms with E-state index in [9.17, 15) is 4.79 Å². The molecule has 2 heterocycles. The lowest BCUT2D eigenvalue weighted by atomic mass is 10.0. The van der Waals surface area contributed by atoms with Gasteiger partial charge in [0.15, 0.2) is 0 Å². The molecule has 5 nitrogen and oxygen atoms in total. The molecule has 2 aromatic carbocycles. The molecule has 4 rings (SSSR count). The summed E-state index contributed by atoms with van der Waals surface area (Å²) >= 11 is 0. The molecule has 0 aliphatic carbocycles. The third-order valence-corrected chi connectivity index (χ3v) is 4.85. The number of carbonyl (C=O) groups is 1. The van der Waals surface area contributed by atoms with Crippen molar-refractivity contribution < 1.29 is 4.79 Å². The van der Waals surface area contributed by atoms with Gasteiger partial charge < -0.3 is 15.5 Å². The Morgan fingerprint density at radius 3 is 2.62 bits per heavy atom. The summed E-state index contributed by atoms with van der Waals surface area (Å²) < 4.78 is 0. The average Bonchev–Trinajstić information content (AvgIpc) is 2.70. The van der Waals surface area contributed by atoms with Gasteiger partial charge in [0.05, 0.1) is 11.4 Å². The fraction of sp³-hybridized carbons (Fsp3) is 0.238. The molecule has 0 unspecified atom stereocenters. The standard InChI is InChI=1S/C21H22N4O/c26-21(24-20-9-3-6-16-5-1-2-8-19(16)20)25-13-10-17(11-14-25)23-18-7-4-12-22-15-18/h1-9,12,15,17,23H,10-11,13-14H2,(H,24,26). The van der Waals surface area contributed by atoms with Gasteiger partial charge in [-0.2, -0.15) is 0 Å². The zero-order chi connectivity index (χ0) is 17.8. The molecule has 26 heavy (non-hydrogen) atoms. The Labute approximate surface area is 153 Å². The molecule has 1 aromatic heterocycles. The number of hydrogen-bond donors (Lipinski definition) is 2. The first-order chi connectivity index (χ1) is 12.8. The average molecular weight is 346 g/mol. The van der Waals surface area contributed by atoms with Crippen LogP contribution in [0.3, 0.4) is 0 Å². The van der Waals surface area contributed by atoms with Crippen LogP contribution in [0.15, 0.2) is 67.0 Å². The summed E-state index contributed by atoms with van der Waals surface area (Å²) in [5, 5.41) is 8.76. The molecule has 0 bridgehead atoms. The second kappa shape index (κ2) is 7.44. The number of likely N-dealkylation sites (tertiary alicyclic amines) is 1. The number of carbonyl (C=O) groups excluding carboxylic acids is 1. The van der Waals surface area contributed by atoms with E-state index in [1.807, 2.05) is 53.6 Å². The number of piperidine rings is 1. The van der Waals surface area contributed by atoms with Crippen LogP contribution in [0.5, 0.6) is 0 Å². The molecule has 0 saturated carbocycles. The third-order valence-electron chi connectivity index (χ3n) is 4.85. The van der Waals surface area contributed by atoms with E-state index < -0.39 is 0 Å². The van der Waals surface area contributed by atoms with E-state index in [0.717, 1.165) is 48.1 Å². The van der Waals surface area contributed by atoms with E-state index in [1.165, 1.54) is 0 Å². The molecule has 5 heteroatoms. The van der Waals surface area contributed by atoms with Gasteiger partial charge in [0.2, 0.25) is 0 Å². The first-order valence-electron chi connectivity index (χ1n) is 9.00. The van der Waals surface area contributed by atoms with Crippen molar-refractivity contribution in [3.63, 3.8) is 0 Å². The summed E-state index contributed by atoms with van der Waals surface area (Å²) in [6.07, 6.45) is 5.46. The Bertz CT molecular complexity index is 883. The number of pyridine rings is 1. The number of nitrogens with one attached hydrogen (secondary N) is 2. The topological polar surface area (TPSA) is 57.3 Å². The molecule has 1 aliphatic heterocycles. The molecule has 1 aliphatic rings. The highest BCUT2D eigenvalue weighted by Crippen LogP contribution is 2.24. The highest BCUT2D eigenvalue weighted by atomic mass is 16.2. The van der Waals surface area contributed by atoms with Crippen LogP contribution in [0.1, 0.15) is 12.8 Å². The van der Waals surface area contributed by atoms with Crippen LogP contribution in [-0.4, -0.2) is 35.0 Å². The Hall–Kier alpha value is -3.08. The number of urea groups is 1. The highest BCUT2D eigenvalue weighted by molar-refractivity contribution is 6.01. The van der Waals surface area contributed by atoms with E-state index in [-0.39, 0.29) is 6.03 Å². The number of hydrogen-bond acceptors (Lipinski definition) is 3. The van der Waals surface area contributed by atoms with Crippen molar-refractivity contribution in [1.82, 2.24) is 9.88 Å². The smallest absolute Gasteiger partial charge is 0.321 e. The van der Waals surface area contributed by atoms with Crippen molar-refractivity contribution in [3.8, 4) is 0 Å². The lowest BCUT2D eigenvalue weighted by Crippen LogP contribution is -2.44. The van der Waals surface area contributed by atoms with Crippen molar-refractivity contribution in [2.45, 2.75) is 18.9 Å². The Morgan fingerprint density at radius 1 is 1.00 bits per heavy atom. The van der Waals surface area contributed by atoms with Gasteiger partial charge >= 0.3 is 6.03 Å². The Balaban J connectivity index is 1.36. The van der Waals surface area contributed by atoms with Crippen molar-refractivity contribution in [3.05, 3.63) is 67.0 Å². The number of anilines is 2. The van der Waals surface area contributed by atoms with Crippen molar-refractivity contribution in [2.24, 2.45) is 0 Å². The molecule has 1 saturated heterocycles. The summed E-state index contributed by atoms with van der Waals surface area (Å²) in [5.74, 6) is 0. The molecule has 2 N–H and O–H groups in total. The first kappa shape index (κ1) is 16.4. The molecular weight excluding hydrogens is 324 g/mol. The maximum atomic E-state index is 12.7. The summed E-state index contributed by atoms with van der Waals surface area (Å²) in [6, 6.07) is 18.4. The minimum atomic E-state index is -0.0267. The second-order valence-corrected chi connectivity index (χ2v) is 6.60. The first-order valence-corrected chi connectivity index (χ1v) is 9.00. The van der Waals surface area contributed by atoms with Crippen LogP contribution in [0, 0.1) is 0 Å². The second-order valence-electron chi connectivity index (χ2n) is 6.60. The van der Waals surface area contributed by atoms with Gasteiger partial charge in [-0.25, -0.2) is 4.79 Å². The van der Waals surface area contributed by atoms with Crippen molar-refractivity contribution in [2.75, 3.05) is 23.7 Å². The number of rotatable bonds is 3. The van der Waals surface area contributed by atoms with Gasteiger partial charge in [-0.15, -0.1) is 0 Å². The number of amides is 2. The van der Waals surface area contributed by atoms with E-state index in [0.29, 0.717) is 6.04 Å². The quantitative estimate of drug-likeness (QED) is 0.741. The fourth-order valence-electron chi connectivity index (χ4n) is 3.44. The molecule has 132 valence electrons. The maximum Gasteiger partial charge on any atom is 0.321 e. The molecule has 2 amide bonds. The molecule has 0 spiro atoms. The van der Waals surface area contributed by atoms with Crippen LogP contribution in [-0.2, 0) is 0 Å². The summed E-state index contributed by atoms with van der Waals surface area (Å²) in [6.45, 7) is 1.49. The van der Waals surface area contributed by atoms with Crippen LogP contribution in [0.25, 0.3) is 10.8 Å². The number of benzene rings is 2. The Kier molecular flexibility index (Phi) is 4.69. The van der Waals surface area contributed by atoms with Crippen LogP contribution in [0.2, 0.25) is 0 Å². The normalized spacial score (nSPS) is 15.0. The molecule has 0 radical (unpaired) electrons. The van der Waals surface area contributed by atoms with Gasteiger partial charge in [-0.3, -0.25) is 4.98 Å². The molecule has 0 atom stereocenters. The lowest BCUT2D eigenvalue weighted by Gasteiger charge is -2.33. The summed E-state index contributed by atoms with van der Waals surface area (Å²) in [4.78, 5) is 18.7. The molecular formula is C21H22N4O. The highest BCUT2D eigenvalue weighted by Gasteiger charge is 2.23. The number of aromatic nitrogens is 1. The van der Waals surface area contributed by atoms with Crippen LogP contribution < -0.4 is 10.6 Å². The molecule has 1 fully saturated rings. The van der Waals surface area contributed by atoms with Gasteiger partial charge in [-0.1, -0.05) is 36.4 Å². The van der Waals surface area contributed by atoms with Gasteiger partial charge in [0.1, 0.15) is 0 Å². The molecule has 3 aromatic rings. The van der Waals surface area contributed by atoms with E-state index in [2.05, 4.69) is 27.8 Å².